The maximum Gasteiger partial charge on any atom is 0.318 e. The van der Waals surface area contributed by atoms with Gasteiger partial charge in [0.05, 0.1) is 17.1 Å². The third kappa shape index (κ3) is 2.14. The van der Waals surface area contributed by atoms with E-state index < -0.39 is 0 Å². The molecule has 1 aliphatic rings. The van der Waals surface area contributed by atoms with E-state index in [0.29, 0.717) is 18.5 Å². The second-order valence-electron chi connectivity index (χ2n) is 4.33. The fourth-order valence-electron chi connectivity index (χ4n) is 1.56. The van der Waals surface area contributed by atoms with E-state index in [-0.39, 0.29) is 0 Å². The highest BCUT2D eigenvalue weighted by Crippen LogP contribution is 2.39. The lowest BCUT2D eigenvalue weighted by Gasteiger charge is -2.11. The summed E-state index contributed by atoms with van der Waals surface area (Å²) >= 11 is 1.41. The van der Waals surface area contributed by atoms with Crippen LogP contribution in [0.3, 0.4) is 0 Å². The molecule has 6 nitrogen and oxygen atoms in total. The van der Waals surface area contributed by atoms with E-state index in [9.17, 15) is 0 Å². The second kappa shape index (κ2) is 4.06. The minimum Gasteiger partial charge on any atom is -0.408 e. The van der Waals surface area contributed by atoms with E-state index in [0.717, 1.165) is 16.5 Å². The Morgan fingerprint density at radius 3 is 2.82 bits per heavy atom. The zero-order valence-corrected chi connectivity index (χ0v) is 10.6. The van der Waals surface area contributed by atoms with Gasteiger partial charge in [-0.3, -0.25) is 0 Å². The van der Waals surface area contributed by atoms with Gasteiger partial charge in [0.25, 0.3) is 0 Å². The van der Waals surface area contributed by atoms with Crippen molar-refractivity contribution >= 4 is 17.5 Å². The molecular weight excluding hydrogens is 238 g/mol. The van der Waals surface area contributed by atoms with Crippen molar-refractivity contribution in [3.8, 4) is 0 Å². The van der Waals surface area contributed by atoms with Crippen molar-refractivity contribution in [1.82, 2.24) is 19.8 Å². The van der Waals surface area contributed by atoms with Gasteiger partial charge in [0, 0.05) is 13.0 Å². The van der Waals surface area contributed by atoms with Gasteiger partial charge in [-0.25, -0.2) is 0 Å². The van der Waals surface area contributed by atoms with Crippen LogP contribution in [0, 0.1) is 6.92 Å². The molecule has 0 aliphatic heterocycles. The van der Waals surface area contributed by atoms with E-state index in [1.807, 2.05) is 18.9 Å². The smallest absolute Gasteiger partial charge is 0.318 e. The predicted molar refractivity (Wildman–Crippen MR) is 63.0 cm³/mol. The number of rotatable bonds is 4. The van der Waals surface area contributed by atoms with Crippen LogP contribution in [0.25, 0.3) is 0 Å². The first kappa shape index (κ1) is 10.6. The van der Waals surface area contributed by atoms with Gasteiger partial charge in [-0.2, -0.15) is 0 Å². The zero-order chi connectivity index (χ0) is 11.8. The van der Waals surface area contributed by atoms with Gasteiger partial charge < -0.3 is 9.32 Å². The fraction of sp³-hybridized carbons (Fsp3) is 0.600. The molecule has 7 heteroatoms. The Hall–Kier alpha value is -1.50. The van der Waals surface area contributed by atoms with E-state index in [2.05, 4.69) is 19.8 Å². The van der Waals surface area contributed by atoms with Gasteiger partial charge in [-0.15, -0.1) is 10.2 Å². The second-order valence-corrected chi connectivity index (χ2v) is 5.17. The summed E-state index contributed by atoms with van der Waals surface area (Å²) in [6.07, 6.45) is 2.34. The van der Waals surface area contributed by atoms with Crippen LogP contribution in [0.15, 0.2) is 4.42 Å². The quantitative estimate of drug-likeness (QED) is 0.824. The average Bonchev–Trinajstić information content (AvgIpc) is 2.91. The minimum atomic E-state index is 0.497. The van der Waals surface area contributed by atoms with Crippen LogP contribution >= 0.6 is 11.5 Å². The zero-order valence-electron chi connectivity index (χ0n) is 9.75. The summed E-state index contributed by atoms with van der Waals surface area (Å²) in [5, 5.41) is 12.1. The van der Waals surface area contributed by atoms with Crippen molar-refractivity contribution in [2.24, 2.45) is 0 Å². The Morgan fingerprint density at radius 1 is 1.35 bits per heavy atom. The molecule has 0 N–H and O–H groups in total. The Morgan fingerprint density at radius 2 is 2.18 bits per heavy atom. The molecule has 0 amide bonds. The number of anilines is 1. The van der Waals surface area contributed by atoms with Crippen LogP contribution in [0.4, 0.5) is 6.01 Å². The summed E-state index contributed by atoms with van der Waals surface area (Å²) in [4.78, 5) is 3.06. The summed E-state index contributed by atoms with van der Waals surface area (Å²) in [6, 6.07) is 0.569. The van der Waals surface area contributed by atoms with Crippen molar-refractivity contribution in [3.63, 3.8) is 0 Å². The highest BCUT2D eigenvalue weighted by molar-refractivity contribution is 7.05. The lowest BCUT2D eigenvalue weighted by Crippen LogP contribution is -2.16. The molecule has 1 fully saturated rings. The van der Waals surface area contributed by atoms with Gasteiger partial charge in [0.15, 0.2) is 0 Å². The Balaban J connectivity index is 1.72. The van der Waals surface area contributed by atoms with E-state index in [1.165, 1.54) is 24.4 Å². The van der Waals surface area contributed by atoms with Crippen LogP contribution < -0.4 is 4.90 Å². The Kier molecular flexibility index (Phi) is 2.54. The Labute approximate surface area is 103 Å². The SMILES string of the molecule is Cc1nnsc1CN(C)c1nnc(C2CC2)o1. The normalized spacial score (nSPS) is 15.2. The molecule has 0 aromatic carbocycles. The van der Waals surface area contributed by atoms with Crippen molar-refractivity contribution in [3.05, 3.63) is 16.5 Å². The average molecular weight is 251 g/mol. The van der Waals surface area contributed by atoms with Crippen molar-refractivity contribution in [1.29, 1.82) is 0 Å². The monoisotopic (exact) mass is 251 g/mol. The highest BCUT2D eigenvalue weighted by atomic mass is 32.1. The first-order valence-corrected chi connectivity index (χ1v) is 6.33. The molecule has 2 heterocycles. The van der Waals surface area contributed by atoms with Crippen molar-refractivity contribution in [2.75, 3.05) is 11.9 Å². The largest absolute Gasteiger partial charge is 0.408 e. The van der Waals surface area contributed by atoms with Gasteiger partial charge in [0.1, 0.15) is 0 Å². The molecule has 1 saturated carbocycles. The molecule has 17 heavy (non-hydrogen) atoms. The van der Waals surface area contributed by atoms with Crippen LogP contribution in [0.1, 0.15) is 35.2 Å². The van der Waals surface area contributed by atoms with Crippen LogP contribution in [-0.2, 0) is 6.54 Å². The maximum atomic E-state index is 5.63. The van der Waals surface area contributed by atoms with E-state index in [4.69, 9.17) is 4.42 Å². The maximum absolute atomic E-state index is 5.63. The number of aryl methyl sites for hydroxylation is 1. The topological polar surface area (TPSA) is 67.9 Å². The fourth-order valence-corrected chi connectivity index (χ4v) is 2.24. The van der Waals surface area contributed by atoms with Gasteiger partial charge in [-0.05, 0) is 31.3 Å². The molecular formula is C10H13N5OS. The summed E-state index contributed by atoms with van der Waals surface area (Å²) < 4.78 is 9.54. The lowest BCUT2D eigenvalue weighted by molar-refractivity contribution is 0.491. The molecule has 0 saturated heterocycles. The molecule has 0 atom stereocenters. The third-order valence-corrected chi connectivity index (χ3v) is 3.62. The first-order valence-electron chi connectivity index (χ1n) is 5.56. The predicted octanol–water partition coefficient (Wildman–Crippen LogP) is 1.74. The molecule has 0 spiro atoms. The minimum absolute atomic E-state index is 0.497. The molecule has 90 valence electrons. The summed E-state index contributed by atoms with van der Waals surface area (Å²) in [6.45, 7) is 2.66. The van der Waals surface area contributed by atoms with E-state index in [1.54, 1.807) is 0 Å². The summed E-state index contributed by atoms with van der Waals surface area (Å²) in [5.41, 5.74) is 0.962. The molecule has 2 aromatic rings. The molecule has 1 aliphatic carbocycles. The number of hydrogen-bond donors (Lipinski definition) is 0. The molecule has 2 aromatic heterocycles. The molecule has 0 radical (unpaired) electrons. The lowest BCUT2D eigenvalue weighted by atomic mass is 10.4. The van der Waals surface area contributed by atoms with Crippen LogP contribution in [0.2, 0.25) is 0 Å². The number of hydrogen-bond acceptors (Lipinski definition) is 7. The number of nitrogens with zero attached hydrogens (tertiary/aromatic N) is 5. The van der Waals surface area contributed by atoms with Crippen molar-refractivity contribution in [2.45, 2.75) is 32.2 Å². The Bertz CT molecular complexity index is 518. The number of aromatic nitrogens is 4. The highest BCUT2D eigenvalue weighted by Gasteiger charge is 2.29. The van der Waals surface area contributed by atoms with Crippen LogP contribution in [0.5, 0.6) is 0 Å². The first-order chi connectivity index (χ1) is 8.24. The van der Waals surface area contributed by atoms with Crippen molar-refractivity contribution < 1.29 is 4.42 Å². The molecule has 3 rings (SSSR count). The molecule has 0 unspecified atom stereocenters. The van der Waals surface area contributed by atoms with Gasteiger partial charge >= 0.3 is 6.01 Å². The standard InChI is InChI=1S/C10H13N5OS/c1-6-8(17-14-11-6)5-15(2)10-13-12-9(16-10)7-3-4-7/h7H,3-5H2,1-2H3. The van der Waals surface area contributed by atoms with E-state index >= 15 is 0 Å². The van der Waals surface area contributed by atoms with Gasteiger partial charge in [-0.1, -0.05) is 9.59 Å². The summed E-state index contributed by atoms with van der Waals surface area (Å²) in [7, 11) is 1.93. The van der Waals surface area contributed by atoms with Crippen LogP contribution in [-0.4, -0.2) is 26.8 Å². The third-order valence-electron chi connectivity index (χ3n) is 2.81. The van der Waals surface area contributed by atoms with Gasteiger partial charge in [0.2, 0.25) is 5.89 Å². The molecule has 0 bridgehead atoms. The summed E-state index contributed by atoms with van der Waals surface area (Å²) in [5.74, 6) is 1.27.